The fraction of sp³-hybridized carbons (Fsp3) is 0.750. The van der Waals surface area contributed by atoms with Crippen LogP contribution in [-0.4, -0.2) is 40.8 Å². The highest BCUT2D eigenvalue weighted by Crippen LogP contribution is 2.15. The van der Waals surface area contributed by atoms with Gasteiger partial charge in [-0.15, -0.1) is 0 Å². The van der Waals surface area contributed by atoms with Crippen molar-refractivity contribution in [2.75, 3.05) is 6.54 Å². The quantitative estimate of drug-likeness (QED) is 0.780. The van der Waals surface area contributed by atoms with Gasteiger partial charge in [-0.2, -0.15) is 4.99 Å². The number of nitrogens with zero attached hydrogens (tertiary/aromatic N) is 2. The SMILES string of the molecule is CCCN1C(=O)N=C(N)C1CC(=O)NC(C)(C)C. The Hall–Kier alpha value is -1.59. The Bertz CT molecular complexity index is 371. The van der Waals surface area contributed by atoms with Crippen LogP contribution in [0.3, 0.4) is 0 Å². The number of nitrogens with one attached hydrogen (secondary N) is 1. The maximum atomic E-state index is 11.9. The van der Waals surface area contributed by atoms with Gasteiger partial charge in [0, 0.05) is 12.1 Å². The molecule has 0 radical (unpaired) electrons. The minimum Gasteiger partial charge on any atom is -0.385 e. The first-order valence-corrected chi connectivity index (χ1v) is 6.20. The van der Waals surface area contributed by atoms with Gasteiger partial charge in [0.1, 0.15) is 5.84 Å². The number of nitrogens with two attached hydrogens (primary N) is 1. The number of hydrogen-bond donors (Lipinski definition) is 2. The van der Waals surface area contributed by atoms with Gasteiger partial charge in [-0.05, 0) is 27.2 Å². The third kappa shape index (κ3) is 3.72. The van der Waals surface area contributed by atoms with E-state index in [1.807, 2.05) is 27.7 Å². The summed E-state index contributed by atoms with van der Waals surface area (Å²) >= 11 is 0. The summed E-state index contributed by atoms with van der Waals surface area (Å²) in [4.78, 5) is 28.7. The van der Waals surface area contributed by atoms with Gasteiger partial charge in [-0.3, -0.25) is 4.79 Å². The van der Waals surface area contributed by atoms with Crippen molar-refractivity contribution in [3.8, 4) is 0 Å². The van der Waals surface area contributed by atoms with Crippen LogP contribution in [0.25, 0.3) is 0 Å². The summed E-state index contributed by atoms with van der Waals surface area (Å²) in [5.74, 6) is 0.110. The Morgan fingerprint density at radius 2 is 2.11 bits per heavy atom. The number of aliphatic imine (C=N–C) groups is 1. The maximum absolute atomic E-state index is 11.9. The smallest absolute Gasteiger partial charge is 0.345 e. The molecular weight excluding hydrogens is 232 g/mol. The van der Waals surface area contributed by atoms with Crippen LogP contribution in [0.15, 0.2) is 4.99 Å². The Labute approximate surface area is 108 Å². The van der Waals surface area contributed by atoms with Crippen molar-refractivity contribution in [2.45, 2.75) is 52.1 Å². The van der Waals surface area contributed by atoms with Gasteiger partial charge in [0.15, 0.2) is 0 Å². The lowest BCUT2D eigenvalue weighted by atomic mass is 10.1. The summed E-state index contributed by atoms with van der Waals surface area (Å²) in [5.41, 5.74) is 5.42. The molecule has 102 valence electrons. The van der Waals surface area contributed by atoms with E-state index in [2.05, 4.69) is 10.3 Å². The molecule has 1 rings (SSSR count). The first-order chi connectivity index (χ1) is 8.24. The van der Waals surface area contributed by atoms with Crippen molar-refractivity contribution in [1.29, 1.82) is 0 Å². The molecule has 18 heavy (non-hydrogen) atoms. The molecule has 0 aromatic heterocycles. The molecule has 0 aromatic carbocycles. The fourth-order valence-corrected chi connectivity index (χ4v) is 1.89. The minimum atomic E-state index is -0.403. The molecule has 0 fully saturated rings. The second-order valence-corrected chi connectivity index (χ2v) is 5.53. The van der Waals surface area contributed by atoms with Gasteiger partial charge in [0.2, 0.25) is 5.91 Å². The minimum absolute atomic E-state index is 0.124. The number of amidine groups is 1. The zero-order chi connectivity index (χ0) is 13.9. The zero-order valence-corrected chi connectivity index (χ0v) is 11.5. The maximum Gasteiger partial charge on any atom is 0.345 e. The Balaban J connectivity index is 2.67. The first kappa shape index (κ1) is 14.5. The topological polar surface area (TPSA) is 87.8 Å². The summed E-state index contributed by atoms with van der Waals surface area (Å²) < 4.78 is 0. The van der Waals surface area contributed by atoms with E-state index in [4.69, 9.17) is 5.73 Å². The van der Waals surface area contributed by atoms with Gasteiger partial charge in [0.05, 0.1) is 12.5 Å². The van der Waals surface area contributed by atoms with Crippen LogP contribution in [0.1, 0.15) is 40.5 Å². The van der Waals surface area contributed by atoms with E-state index in [1.165, 1.54) is 0 Å². The van der Waals surface area contributed by atoms with Gasteiger partial charge >= 0.3 is 6.03 Å². The lowest BCUT2D eigenvalue weighted by Crippen LogP contribution is -2.47. The molecule has 0 saturated heterocycles. The van der Waals surface area contributed by atoms with Crippen LogP contribution >= 0.6 is 0 Å². The Kier molecular flexibility index (Phi) is 4.32. The Morgan fingerprint density at radius 3 is 2.61 bits per heavy atom. The first-order valence-electron chi connectivity index (χ1n) is 6.20. The Morgan fingerprint density at radius 1 is 1.50 bits per heavy atom. The lowest BCUT2D eigenvalue weighted by Gasteiger charge is -2.26. The largest absolute Gasteiger partial charge is 0.385 e. The summed E-state index contributed by atoms with van der Waals surface area (Å²) in [6.07, 6.45) is 0.976. The molecule has 1 aliphatic rings. The molecule has 3 N–H and O–H groups in total. The molecule has 0 aliphatic carbocycles. The van der Waals surface area contributed by atoms with Gasteiger partial charge in [-0.25, -0.2) is 4.79 Å². The molecule has 1 unspecified atom stereocenters. The highest BCUT2D eigenvalue weighted by Gasteiger charge is 2.34. The summed E-state index contributed by atoms with van der Waals surface area (Å²) in [6, 6.07) is -0.747. The van der Waals surface area contributed by atoms with Crippen molar-refractivity contribution in [1.82, 2.24) is 10.2 Å². The van der Waals surface area contributed by atoms with Crippen LogP contribution in [0.2, 0.25) is 0 Å². The van der Waals surface area contributed by atoms with Crippen molar-refractivity contribution < 1.29 is 9.59 Å². The third-order valence-corrected chi connectivity index (χ3v) is 2.55. The zero-order valence-electron chi connectivity index (χ0n) is 11.5. The molecule has 1 atom stereocenters. The van der Waals surface area contributed by atoms with E-state index in [1.54, 1.807) is 4.90 Å². The molecule has 0 aromatic rings. The summed E-state index contributed by atoms with van der Waals surface area (Å²) in [7, 11) is 0. The number of carbonyl (C=O) groups is 2. The van der Waals surface area contributed by atoms with Crippen molar-refractivity contribution >= 4 is 17.8 Å². The van der Waals surface area contributed by atoms with Gasteiger partial charge < -0.3 is 16.0 Å². The van der Waals surface area contributed by atoms with Crippen molar-refractivity contribution in [3.63, 3.8) is 0 Å². The average Bonchev–Trinajstić information content (AvgIpc) is 2.42. The standard InChI is InChI=1S/C12H22N4O2/c1-5-6-16-8(10(13)14-11(16)18)7-9(17)15-12(2,3)4/h8H,5-7H2,1-4H3,(H,15,17)(H2,13,14,18). The number of carbonyl (C=O) groups excluding carboxylic acids is 2. The van der Waals surface area contributed by atoms with E-state index in [0.717, 1.165) is 6.42 Å². The van der Waals surface area contributed by atoms with E-state index in [-0.39, 0.29) is 29.7 Å². The third-order valence-electron chi connectivity index (χ3n) is 2.55. The number of hydrogen-bond acceptors (Lipinski definition) is 3. The monoisotopic (exact) mass is 254 g/mol. The molecule has 0 bridgehead atoms. The van der Waals surface area contributed by atoms with Gasteiger partial charge in [-0.1, -0.05) is 6.92 Å². The lowest BCUT2D eigenvalue weighted by molar-refractivity contribution is -0.123. The molecule has 3 amide bonds. The molecule has 0 saturated carbocycles. The molecule has 1 aliphatic heterocycles. The van der Waals surface area contributed by atoms with E-state index >= 15 is 0 Å². The second-order valence-electron chi connectivity index (χ2n) is 5.53. The summed E-state index contributed by atoms with van der Waals surface area (Å²) in [5, 5.41) is 2.86. The predicted molar refractivity (Wildman–Crippen MR) is 70.3 cm³/mol. The number of amides is 3. The van der Waals surface area contributed by atoms with Gasteiger partial charge in [0.25, 0.3) is 0 Å². The van der Waals surface area contributed by atoms with E-state index in [0.29, 0.717) is 6.54 Å². The predicted octanol–water partition coefficient (Wildman–Crippen LogP) is 0.863. The van der Waals surface area contributed by atoms with Crippen LogP contribution in [0, 0.1) is 0 Å². The second kappa shape index (κ2) is 5.37. The molecule has 0 spiro atoms. The number of rotatable bonds is 4. The van der Waals surface area contributed by atoms with Crippen molar-refractivity contribution in [3.05, 3.63) is 0 Å². The van der Waals surface area contributed by atoms with Crippen LogP contribution in [0.5, 0.6) is 0 Å². The van der Waals surface area contributed by atoms with E-state index in [9.17, 15) is 9.59 Å². The fourth-order valence-electron chi connectivity index (χ4n) is 1.89. The van der Waals surface area contributed by atoms with E-state index < -0.39 is 6.04 Å². The van der Waals surface area contributed by atoms with Crippen LogP contribution in [0.4, 0.5) is 4.79 Å². The average molecular weight is 254 g/mol. The highest BCUT2D eigenvalue weighted by atomic mass is 16.2. The van der Waals surface area contributed by atoms with Crippen LogP contribution < -0.4 is 11.1 Å². The van der Waals surface area contributed by atoms with Crippen molar-refractivity contribution in [2.24, 2.45) is 10.7 Å². The molecular formula is C12H22N4O2. The highest BCUT2D eigenvalue weighted by molar-refractivity contribution is 6.04. The molecule has 6 heteroatoms. The molecule has 1 heterocycles. The summed E-state index contributed by atoms with van der Waals surface area (Å²) in [6.45, 7) is 8.26. The molecule has 6 nitrogen and oxygen atoms in total. The number of urea groups is 1. The van der Waals surface area contributed by atoms with Crippen LogP contribution in [-0.2, 0) is 4.79 Å². The normalized spacial score (nSPS) is 20.0.